The second-order valence-electron chi connectivity index (χ2n) is 1.96. The van der Waals surface area contributed by atoms with Gasteiger partial charge in [0.25, 0.3) is 5.24 Å². The lowest BCUT2D eigenvalue weighted by Gasteiger charge is -2.00. The molecule has 0 aliphatic rings. The molecule has 3 nitrogen and oxygen atoms in total. The van der Waals surface area contributed by atoms with E-state index in [0.29, 0.717) is 9.92 Å². The first-order valence-corrected chi connectivity index (χ1v) is 4.36. The van der Waals surface area contributed by atoms with Crippen molar-refractivity contribution in [3.8, 4) is 0 Å². The van der Waals surface area contributed by atoms with Crippen molar-refractivity contribution in [2.45, 2.75) is 4.90 Å². The highest BCUT2D eigenvalue weighted by molar-refractivity contribution is 8.13. The molecule has 0 bridgehead atoms. The molecule has 1 aromatic rings. The first kappa shape index (κ1) is 9.38. The Hall–Kier alpha value is -0.710. The van der Waals surface area contributed by atoms with Gasteiger partial charge < -0.3 is 0 Å². The lowest BCUT2D eigenvalue weighted by Crippen LogP contribution is -2.25. The standard InChI is InChI=1S/C7H7ClN2OS/c8-5-3-1-2-4-6(5)12-7(11)10-9/h1-4H,9H2,(H,10,11). The lowest BCUT2D eigenvalue weighted by molar-refractivity contribution is 0.261. The number of carbonyl (C=O) groups excluding carboxylic acids is 1. The maximum atomic E-state index is 10.8. The molecule has 0 aliphatic carbocycles. The topological polar surface area (TPSA) is 55.1 Å². The zero-order valence-electron chi connectivity index (χ0n) is 6.08. The third-order valence-corrected chi connectivity index (χ3v) is 2.48. The highest BCUT2D eigenvalue weighted by Gasteiger charge is 2.04. The number of halogens is 1. The number of nitrogens with one attached hydrogen (secondary N) is 1. The molecule has 0 radical (unpaired) electrons. The largest absolute Gasteiger partial charge is 0.297 e. The molecule has 1 rings (SSSR count). The zero-order valence-corrected chi connectivity index (χ0v) is 7.65. The minimum absolute atomic E-state index is 0.330. The Morgan fingerprint density at radius 1 is 1.50 bits per heavy atom. The molecule has 0 saturated carbocycles. The number of rotatable bonds is 1. The molecule has 1 aromatic carbocycles. The fourth-order valence-corrected chi connectivity index (χ4v) is 1.48. The number of thioether (sulfide) groups is 1. The Bertz CT molecular complexity index is 292. The summed E-state index contributed by atoms with van der Waals surface area (Å²) >= 11 is 6.75. The van der Waals surface area contributed by atoms with Gasteiger partial charge in [-0.25, -0.2) is 5.84 Å². The van der Waals surface area contributed by atoms with Gasteiger partial charge in [0.1, 0.15) is 0 Å². The van der Waals surface area contributed by atoms with E-state index in [0.717, 1.165) is 11.8 Å². The van der Waals surface area contributed by atoms with Crippen molar-refractivity contribution in [1.82, 2.24) is 5.43 Å². The molecule has 0 atom stereocenters. The number of amides is 1. The summed E-state index contributed by atoms with van der Waals surface area (Å²) in [6.45, 7) is 0. The molecule has 0 heterocycles. The number of nitrogens with two attached hydrogens (primary N) is 1. The van der Waals surface area contributed by atoms with Crippen LogP contribution in [0.25, 0.3) is 0 Å². The van der Waals surface area contributed by atoms with E-state index in [1.54, 1.807) is 24.3 Å². The van der Waals surface area contributed by atoms with Gasteiger partial charge in [0.2, 0.25) is 0 Å². The molecular formula is C7H7ClN2OS. The molecule has 0 unspecified atom stereocenters. The van der Waals surface area contributed by atoms with Crippen LogP contribution in [0.4, 0.5) is 4.79 Å². The van der Waals surface area contributed by atoms with Gasteiger partial charge in [-0.05, 0) is 23.9 Å². The van der Waals surface area contributed by atoms with Gasteiger partial charge in [0.15, 0.2) is 0 Å². The molecule has 3 N–H and O–H groups in total. The predicted octanol–water partition coefficient (Wildman–Crippen LogP) is 2.02. The molecule has 0 aliphatic heterocycles. The highest BCUT2D eigenvalue weighted by Crippen LogP contribution is 2.26. The van der Waals surface area contributed by atoms with Crippen LogP contribution in [0.1, 0.15) is 0 Å². The summed E-state index contributed by atoms with van der Waals surface area (Å²) in [4.78, 5) is 11.5. The van der Waals surface area contributed by atoms with Gasteiger partial charge in [-0.2, -0.15) is 0 Å². The van der Waals surface area contributed by atoms with Crippen molar-refractivity contribution in [2.24, 2.45) is 5.84 Å². The number of hydrazine groups is 1. The first-order valence-electron chi connectivity index (χ1n) is 3.17. The van der Waals surface area contributed by atoms with Crippen LogP contribution in [-0.2, 0) is 0 Å². The summed E-state index contributed by atoms with van der Waals surface area (Å²) in [5, 5.41) is 0.217. The summed E-state index contributed by atoms with van der Waals surface area (Å²) < 4.78 is 0. The number of hydrogen-bond donors (Lipinski definition) is 2. The Morgan fingerprint density at radius 2 is 2.17 bits per heavy atom. The number of benzene rings is 1. The first-order chi connectivity index (χ1) is 5.74. The molecule has 5 heteroatoms. The third-order valence-electron chi connectivity index (χ3n) is 1.16. The molecular weight excluding hydrogens is 196 g/mol. The van der Waals surface area contributed by atoms with E-state index in [-0.39, 0.29) is 5.24 Å². The van der Waals surface area contributed by atoms with Crippen LogP contribution in [0.2, 0.25) is 5.02 Å². The summed E-state index contributed by atoms with van der Waals surface area (Å²) in [5.41, 5.74) is 2.01. The van der Waals surface area contributed by atoms with E-state index in [2.05, 4.69) is 0 Å². The molecule has 64 valence electrons. The van der Waals surface area contributed by atoms with E-state index in [4.69, 9.17) is 17.4 Å². The van der Waals surface area contributed by atoms with Crippen LogP contribution in [0.15, 0.2) is 29.2 Å². The zero-order chi connectivity index (χ0) is 8.97. The van der Waals surface area contributed by atoms with Gasteiger partial charge in [0, 0.05) is 4.90 Å². The van der Waals surface area contributed by atoms with Crippen LogP contribution in [0.3, 0.4) is 0 Å². The van der Waals surface area contributed by atoms with E-state index in [1.807, 2.05) is 5.43 Å². The van der Waals surface area contributed by atoms with E-state index in [9.17, 15) is 4.79 Å². The SMILES string of the molecule is NNC(=O)Sc1ccccc1Cl. The molecule has 0 aromatic heterocycles. The minimum Gasteiger partial charge on any atom is -0.285 e. The van der Waals surface area contributed by atoms with Crippen molar-refractivity contribution in [3.63, 3.8) is 0 Å². The quantitative estimate of drug-likeness (QED) is 0.317. The van der Waals surface area contributed by atoms with Crippen LogP contribution >= 0.6 is 23.4 Å². The van der Waals surface area contributed by atoms with Crippen molar-refractivity contribution in [3.05, 3.63) is 29.3 Å². The second-order valence-corrected chi connectivity index (χ2v) is 3.39. The van der Waals surface area contributed by atoms with Crippen LogP contribution in [-0.4, -0.2) is 5.24 Å². The summed E-state index contributed by atoms with van der Waals surface area (Å²) in [5.74, 6) is 4.91. The summed E-state index contributed by atoms with van der Waals surface area (Å²) in [6, 6.07) is 7.07. The monoisotopic (exact) mass is 202 g/mol. The number of carbonyl (C=O) groups is 1. The molecule has 0 saturated heterocycles. The Labute approximate surface area is 79.2 Å². The fraction of sp³-hybridized carbons (Fsp3) is 0. The maximum absolute atomic E-state index is 10.8. The van der Waals surface area contributed by atoms with Gasteiger partial charge in [-0.1, -0.05) is 23.7 Å². The van der Waals surface area contributed by atoms with Gasteiger partial charge in [-0.3, -0.25) is 10.2 Å². The number of hydrogen-bond acceptors (Lipinski definition) is 3. The van der Waals surface area contributed by atoms with Crippen LogP contribution in [0.5, 0.6) is 0 Å². The predicted molar refractivity (Wildman–Crippen MR) is 50.0 cm³/mol. The minimum atomic E-state index is -0.330. The smallest absolute Gasteiger partial charge is 0.285 e. The summed E-state index contributed by atoms with van der Waals surface area (Å²) in [6.07, 6.45) is 0. The Balaban J connectivity index is 2.75. The van der Waals surface area contributed by atoms with Gasteiger partial charge >= 0.3 is 0 Å². The van der Waals surface area contributed by atoms with Crippen molar-refractivity contribution >= 4 is 28.6 Å². The highest BCUT2D eigenvalue weighted by atomic mass is 35.5. The van der Waals surface area contributed by atoms with E-state index in [1.165, 1.54) is 0 Å². The summed E-state index contributed by atoms with van der Waals surface area (Å²) in [7, 11) is 0. The van der Waals surface area contributed by atoms with E-state index < -0.39 is 0 Å². The maximum Gasteiger partial charge on any atom is 0.297 e. The lowest BCUT2D eigenvalue weighted by atomic mass is 10.4. The average Bonchev–Trinajstić information content (AvgIpc) is 2.09. The van der Waals surface area contributed by atoms with Crippen molar-refractivity contribution in [1.29, 1.82) is 0 Å². The van der Waals surface area contributed by atoms with Crippen LogP contribution < -0.4 is 11.3 Å². The van der Waals surface area contributed by atoms with Gasteiger partial charge in [0.05, 0.1) is 5.02 Å². The molecule has 12 heavy (non-hydrogen) atoms. The van der Waals surface area contributed by atoms with Gasteiger partial charge in [-0.15, -0.1) is 0 Å². The fourth-order valence-electron chi connectivity index (χ4n) is 0.657. The average molecular weight is 203 g/mol. The normalized spacial score (nSPS) is 9.50. The van der Waals surface area contributed by atoms with Crippen molar-refractivity contribution in [2.75, 3.05) is 0 Å². The van der Waals surface area contributed by atoms with E-state index >= 15 is 0 Å². The Morgan fingerprint density at radius 3 is 2.75 bits per heavy atom. The second kappa shape index (κ2) is 4.35. The third kappa shape index (κ3) is 2.41. The molecule has 0 spiro atoms. The van der Waals surface area contributed by atoms with Crippen LogP contribution in [0, 0.1) is 0 Å². The Kier molecular flexibility index (Phi) is 3.40. The molecule has 0 fully saturated rings. The molecule has 1 amide bonds. The van der Waals surface area contributed by atoms with Crippen molar-refractivity contribution < 1.29 is 4.79 Å².